The molecular weight excluding hydrogens is 298 g/mol. The SMILES string of the molecule is O=C([C@@H]1CCCN1c1nccs1)N1CCO[C@@H]2CCCC[C@H]21. The average Bonchev–Trinajstić information content (AvgIpc) is 3.24. The Bertz CT molecular complexity index is 519. The second-order valence-corrected chi connectivity index (χ2v) is 7.33. The van der Waals surface area contributed by atoms with Gasteiger partial charge in [0.15, 0.2) is 5.13 Å². The second kappa shape index (κ2) is 6.16. The third kappa shape index (κ3) is 2.52. The summed E-state index contributed by atoms with van der Waals surface area (Å²) in [6, 6.07) is 0.278. The molecule has 1 amide bonds. The summed E-state index contributed by atoms with van der Waals surface area (Å²) in [6.07, 6.45) is 8.77. The van der Waals surface area contributed by atoms with Crippen LogP contribution in [0.3, 0.4) is 0 Å². The lowest BCUT2D eigenvalue weighted by molar-refractivity contribution is -0.150. The van der Waals surface area contributed by atoms with Crippen LogP contribution in [0.5, 0.6) is 0 Å². The topological polar surface area (TPSA) is 45.7 Å². The largest absolute Gasteiger partial charge is 0.374 e. The van der Waals surface area contributed by atoms with Crippen LogP contribution in [0.25, 0.3) is 0 Å². The van der Waals surface area contributed by atoms with E-state index >= 15 is 0 Å². The van der Waals surface area contributed by atoms with Crippen molar-refractivity contribution in [2.24, 2.45) is 0 Å². The highest BCUT2D eigenvalue weighted by molar-refractivity contribution is 7.13. The monoisotopic (exact) mass is 321 g/mol. The number of rotatable bonds is 2. The lowest BCUT2D eigenvalue weighted by Gasteiger charge is -2.45. The van der Waals surface area contributed by atoms with Gasteiger partial charge >= 0.3 is 0 Å². The van der Waals surface area contributed by atoms with Crippen LogP contribution in [0.2, 0.25) is 0 Å². The summed E-state index contributed by atoms with van der Waals surface area (Å²) in [5.74, 6) is 0.299. The lowest BCUT2D eigenvalue weighted by Crippen LogP contribution is -2.58. The standard InChI is InChI=1S/C16H23N3O2S/c20-15(13-5-3-8-19(13)16-17-7-11-22-16)18-9-10-21-14-6-2-1-4-12(14)18/h7,11-14H,1-6,8-10H2/t12-,13+,14-/m1/s1. The molecule has 0 radical (unpaired) electrons. The molecule has 1 saturated carbocycles. The Balaban J connectivity index is 1.52. The molecule has 1 aromatic rings. The smallest absolute Gasteiger partial charge is 0.245 e. The van der Waals surface area contributed by atoms with E-state index in [1.165, 1.54) is 12.8 Å². The number of hydrogen-bond acceptors (Lipinski definition) is 5. The first-order valence-electron chi connectivity index (χ1n) is 8.43. The van der Waals surface area contributed by atoms with Crippen molar-refractivity contribution in [2.75, 3.05) is 24.6 Å². The summed E-state index contributed by atoms with van der Waals surface area (Å²) in [4.78, 5) is 21.9. The highest BCUT2D eigenvalue weighted by Crippen LogP contribution is 2.32. The molecule has 0 aromatic carbocycles. The van der Waals surface area contributed by atoms with E-state index in [2.05, 4.69) is 14.8 Å². The minimum atomic E-state index is -0.0215. The van der Waals surface area contributed by atoms with Gasteiger partial charge in [-0.1, -0.05) is 12.8 Å². The number of hydrogen-bond donors (Lipinski definition) is 0. The molecule has 22 heavy (non-hydrogen) atoms. The summed E-state index contributed by atoms with van der Waals surface area (Å²) >= 11 is 1.63. The first-order chi connectivity index (χ1) is 10.8. The van der Waals surface area contributed by atoms with Gasteiger partial charge in [-0.15, -0.1) is 11.3 Å². The molecule has 1 aromatic heterocycles. The van der Waals surface area contributed by atoms with E-state index in [4.69, 9.17) is 4.74 Å². The van der Waals surface area contributed by atoms with Crippen molar-refractivity contribution < 1.29 is 9.53 Å². The van der Waals surface area contributed by atoms with Crippen molar-refractivity contribution in [3.8, 4) is 0 Å². The molecule has 3 heterocycles. The van der Waals surface area contributed by atoms with Crippen molar-refractivity contribution in [3.63, 3.8) is 0 Å². The Kier molecular flexibility index (Phi) is 4.05. The minimum Gasteiger partial charge on any atom is -0.374 e. The first-order valence-corrected chi connectivity index (χ1v) is 9.31. The molecule has 0 N–H and O–H groups in total. The Morgan fingerprint density at radius 1 is 1.23 bits per heavy atom. The van der Waals surface area contributed by atoms with Gasteiger partial charge in [-0.2, -0.15) is 0 Å². The maximum atomic E-state index is 13.2. The van der Waals surface area contributed by atoms with Gasteiger partial charge < -0.3 is 14.5 Å². The molecule has 5 nitrogen and oxygen atoms in total. The molecule has 0 bridgehead atoms. The van der Waals surface area contributed by atoms with Gasteiger partial charge in [-0.3, -0.25) is 4.79 Å². The third-order valence-corrected chi connectivity index (χ3v) is 6.03. The van der Waals surface area contributed by atoms with Crippen LogP contribution in [0.4, 0.5) is 5.13 Å². The van der Waals surface area contributed by atoms with Gasteiger partial charge in [-0.05, 0) is 25.7 Å². The fraction of sp³-hybridized carbons (Fsp3) is 0.750. The summed E-state index contributed by atoms with van der Waals surface area (Å²) < 4.78 is 5.91. The van der Waals surface area contributed by atoms with Gasteiger partial charge in [0.1, 0.15) is 6.04 Å². The number of amides is 1. The third-order valence-electron chi connectivity index (χ3n) is 5.22. The van der Waals surface area contributed by atoms with Crippen molar-refractivity contribution in [2.45, 2.75) is 56.7 Å². The average molecular weight is 321 g/mol. The molecule has 3 aliphatic rings. The van der Waals surface area contributed by atoms with E-state index in [0.717, 1.165) is 43.9 Å². The van der Waals surface area contributed by atoms with E-state index < -0.39 is 0 Å². The van der Waals surface area contributed by atoms with Crippen LogP contribution >= 0.6 is 11.3 Å². The number of aromatic nitrogens is 1. The zero-order chi connectivity index (χ0) is 14.9. The van der Waals surface area contributed by atoms with Crippen molar-refractivity contribution >= 4 is 22.4 Å². The quantitative estimate of drug-likeness (QED) is 0.838. The zero-order valence-electron chi connectivity index (χ0n) is 12.8. The predicted octanol–water partition coefficient (Wildman–Crippen LogP) is 2.28. The van der Waals surface area contributed by atoms with Crippen LogP contribution in [0.15, 0.2) is 11.6 Å². The summed E-state index contributed by atoms with van der Waals surface area (Å²) in [7, 11) is 0. The maximum Gasteiger partial charge on any atom is 0.245 e. The Labute approximate surface area is 135 Å². The molecule has 4 rings (SSSR count). The lowest BCUT2D eigenvalue weighted by atomic mass is 9.89. The van der Waals surface area contributed by atoms with Gasteiger partial charge in [0, 0.05) is 24.7 Å². The molecule has 0 unspecified atom stereocenters. The van der Waals surface area contributed by atoms with Gasteiger partial charge in [0.25, 0.3) is 0 Å². The first kappa shape index (κ1) is 14.5. The number of morpholine rings is 1. The highest BCUT2D eigenvalue weighted by Gasteiger charge is 2.42. The maximum absolute atomic E-state index is 13.2. The van der Waals surface area contributed by atoms with E-state index in [1.54, 1.807) is 11.3 Å². The molecular formula is C16H23N3O2S. The van der Waals surface area contributed by atoms with Gasteiger partial charge in [0.05, 0.1) is 18.8 Å². The van der Waals surface area contributed by atoms with E-state index in [9.17, 15) is 4.79 Å². The van der Waals surface area contributed by atoms with Crippen molar-refractivity contribution in [1.82, 2.24) is 9.88 Å². The Hall–Kier alpha value is -1.14. The highest BCUT2D eigenvalue weighted by atomic mass is 32.1. The van der Waals surface area contributed by atoms with Crippen molar-refractivity contribution in [1.29, 1.82) is 0 Å². The van der Waals surface area contributed by atoms with E-state index in [1.807, 2.05) is 11.6 Å². The van der Waals surface area contributed by atoms with Crippen LogP contribution in [0, 0.1) is 0 Å². The van der Waals surface area contributed by atoms with Crippen LogP contribution in [-0.4, -0.2) is 53.7 Å². The van der Waals surface area contributed by atoms with Gasteiger partial charge in [0.2, 0.25) is 5.91 Å². The molecule has 1 aliphatic carbocycles. The van der Waals surface area contributed by atoms with Crippen LogP contribution < -0.4 is 4.90 Å². The minimum absolute atomic E-state index is 0.0215. The molecule has 3 atom stereocenters. The zero-order valence-corrected chi connectivity index (χ0v) is 13.6. The molecule has 6 heteroatoms. The fourth-order valence-electron chi connectivity index (χ4n) is 4.17. The number of anilines is 1. The van der Waals surface area contributed by atoms with Crippen LogP contribution in [0.1, 0.15) is 38.5 Å². The molecule has 2 saturated heterocycles. The summed E-state index contributed by atoms with van der Waals surface area (Å²) in [6.45, 7) is 2.39. The number of carbonyl (C=O) groups excluding carboxylic acids is 1. The van der Waals surface area contributed by atoms with E-state index in [-0.39, 0.29) is 12.1 Å². The molecule has 120 valence electrons. The number of carbonyl (C=O) groups is 1. The number of ether oxygens (including phenoxy) is 1. The normalized spacial score (nSPS) is 32.1. The summed E-state index contributed by atoms with van der Waals surface area (Å²) in [5.41, 5.74) is 0. The molecule has 3 fully saturated rings. The number of thiazole rings is 1. The second-order valence-electron chi connectivity index (χ2n) is 6.46. The molecule has 2 aliphatic heterocycles. The predicted molar refractivity (Wildman–Crippen MR) is 86.2 cm³/mol. The number of fused-ring (bicyclic) bond motifs is 1. The molecule has 0 spiro atoms. The van der Waals surface area contributed by atoms with E-state index in [0.29, 0.717) is 18.6 Å². The summed E-state index contributed by atoms with van der Waals surface area (Å²) in [5, 5.41) is 2.98. The Morgan fingerprint density at radius 2 is 2.14 bits per heavy atom. The Morgan fingerprint density at radius 3 is 3.00 bits per heavy atom. The fourth-order valence-corrected chi connectivity index (χ4v) is 4.89. The van der Waals surface area contributed by atoms with Crippen LogP contribution in [-0.2, 0) is 9.53 Å². The van der Waals surface area contributed by atoms with Gasteiger partial charge in [-0.25, -0.2) is 4.98 Å². The number of nitrogens with zero attached hydrogens (tertiary/aromatic N) is 3. The van der Waals surface area contributed by atoms with Crippen molar-refractivity contribution in [3.05, 3.63) is 11.6 Å².